The van der Waals surface area contributed by atoms with E-state index in [1.165, 1.54) is 46.9 Å². The molecule has 41 heavy (non-hydrogen) atoms. The number of nitrogens with zero attached hydrogens (tertiary/aromatic N) is 6. The van der Waals surface area contributed by atoms with Crippen LogP contribution in [0.5, 0.6) is 0 Å². The van der Waals surface area contributed by atoms with Gasteiger partial charge in [0.25, 0.3) is 17.7 Å². The minimum absolute atomic E-state index is 0.0000633. The number of carboxylic acid groups (broad SMARTS) is 1. The van der Waals surface area contributed by atoms with Crippen molar-refractivity contribution >= 4 is 46.8 Å². The van der Waals surface area contributed by atoms with Gasteiger partial charge < -0.3 is 44.6 Å². The number of carboxylic acids is 1. The maximum atomic E-state index is 12.6. The van der Waals surface area contributed by atoms with E-state index in [9.17, 15) is 24.0 Å². The van der Waals surface area contributed by atoms with Crippen molar-refractivity contribution in [3.63, 3.8) is 0 Å². The van der Waals surface area contributed by atoms with Gasteiger partial charge in [0, 0.05) is 72.1 Å². The molecule has 0 aliphatic carbocycles. The number of imidazole rings is 2. The third-order valence-electron chi connectivity index (χ3n) is 5.99. The molecule has 16 nitrogen and oxygen atoms in total. The maximum absolute atomic E-state index is 12.6. The Labute approximate surface area is 233 Å². The third-order valence-corrected chi connectivity index (χ3v) is 5.99. The smallest absolute Gasteiger partial charge is 0.352 e. The summed E-state index contributed by atoms with van der Waals surface area (Å²) in [7, 11) is 6.45. The fourth-order valence-corrected chi connectivity index (χ4v) is 3.99. The lowest BCUT2D eigenvalue weighted by atomic mass is 10.3. The molecule has 16 heteroatoms. The average molecular weight is 565 g/mol. The van der Waals surface area contributed by atoms with Crippen LogP contribution in [0.25, 0.3) is 0 Å². The molecule has 4 aromatic heterocycles. The molecule has 4 rings (SSSR count). The van der Waals surface area contributed by atoms with Gasteiger partial charge in [0.05, 0.1) is 11.4 Å². The highest BCUT2D eigenvalue weighted by atomic mass is 16.4. The first-order valence-electron chi connectivity index (χ1n) is 12.2. The van der Waals surface area contributed by atoms with Crippen molar-refractivity contribution < 1.29 is 29.1 Å². The van der Waals surface area contributed by atoms with Gasteiger partial charge in [-0.15, -0.1) is 0 Å². The zero-order valence-corrected chi connectivity index (χ0v) is 22.6. The summed E-state index contributed by atoms with van der Waals surface area (Å²) in [6, 6.07) is 2.82. The number of nitrogens with one attached hydrogen (secondary N) is 4. The maximum Gasteiger partial charge on any atom is 0.352 e. The Morgan fingerprint density at radius 2 is 1.37 bits per heavy atom. The normalized spacial score (nSPS) is 10.7. The van der Waals surface area contributed by atoms with E-state index in [4.69, 9.17) is 5.11 Å². The Balaban J connectivity index is 1.27. The van der Waals surface area contributed by atoms with E-state index in [2.05, 4.69) is 31.2 Å². The van der Waals surface area contributed by atoms with E-state index in [1.54, 1.807) is 42.7 Å². The lowest BCUT2D eigenvalue weighted by Gasteiger charge is -2.06. The first kappa shape index (κ1) is 28.3. The summed E-state index contributed by atoms with van der Waals surface area (Å²) in [6.07, 6.45) is 7.56. The van der Waals surface area contributed by atoms with Gasteiger partial charge in [-0.1, -0.05) is 0 Å². The van der Waals surface area contributed by atoms with Crippen LogP contribution in [0.1, 0.15) is 48.6 Å². The first-order valence-corrected chi connectivity index (χ1v) is 12.2. The van der Waals surface area contributed by atoms with Crippen molar-refractivity contribution in [2.45, 2.75) is 6.42 Å². The minimum Gasteiger partial charge on any atom is -0.477 e. The Bertz CT molecular complexity index is 1660. The highest BCUT2D eigenvalue weighted by Crippen LogP contribution is 2.16. The summed E-state index contributed by atoms with van der Waals surface area (Å²) in [4.78, 5) is 69.4. The fourth-order valence-electron chi connectivity index (χ4n) is 3.99. The fraction of sp³-hybridized carbons (Fsp3) is 0.240. The second-order valence-electron chi connectivity index (χ2n) is 9.14. The van der Waals surface area contributed by atoms with Crippen LogP contribution in [0.4, 0.5) is 17.2 Å². The van der Waals surface area contributed by atoms with E-state index in [-0.39, 0.29) is 47.5 Å². The van der Waals surface area contributed by atoms with E-state index in [0.29, 0.717) is 5.69 Å². The monoisotopic (exact) mass is 564 g/mol. The van der Waals surface area contributed by atoms with Crippen molar-refractivity contribution in [2.75, 3.05) is 22.5 Å². The van der Waals surface area contributed by atoms with Crippen LogP contribution in [-0.2, 0) is 33.0 Å². The molecule has 0 saturated carbocycles. The topological polar surface area (TPSA) is 199 Å². The van der Waals surface area contributed by atoms with E-state index < -0.39 is 29.6 Å². The molecule has 0 aromatic carbocycles. The van der Waals surface area contributed by atoms with Gasteiger partial charge in [-0.2, -0.15) is 0 Å². The van der Waals surface area contributed by atoms with Gasteiger partial charge in [-0.3, -0.25) is 19.2 Å². The van der Waals surface area contributed by atoms with Crippen LogP contribution < -0.4 is 21.3 Å². The molecule has 0 radical (unpaired) electrons. The van der Waals surface area contributed by atoms with Gasteiger partial charge in [-0.25, -0.2) is 14.8 Å². The van der Waals surface area contributed by atoms with Crippen molar-refractivity contribution in [3.8, 4) is 0 Å². The van der Waals surface area contributed by atoms with E-state index in [0.717, 1.165) is 0 Å². The van der Waals surface area contributed by atoms with Crippen LogP contribution in [0.2, 0.25) is 0 Å². The largest absolute Gasteiger partial charge is 0.477 e. The van der Waals surface area contributed by atoms with Gasteiger partial charge in [0.15, 0.2) is 11.6 Å². The van der Waals surface area contributed by atoms with Gasteiger partial charge in [0.2, 0.25) is 11.7 Å². The molecule has 0 spiro atoms. The van der Waals surface area contributed by atoms with E-state index >= 15 is 0 Å². The van der Waals surface area contributed by atoms with Gasteiger partial charge >= 0.3 is 5.97 Å². The molecule has 0 atom stereocenters. The Hall–Kier alpha value is -5.67. The number of carbonyl (C=O) groups is 5. The minimum atomic E-state index is -1.13. The van der Waals surface area contributed by atoms with Crippen LogP contribution >= 0.6 is 0 Å². The van der Waals surface area contributed by atoms with Crippen molar-refractivity contribution in [3.05, 3.63) is 66.2 Å². The lowest BCUT2D eigenvalue weighted by Crippen LogP contribution is -2.29. The van der Waals surface area contributed by atoms with Crippen molar-refractivity contribution in [1.29, 1.82) is 0 Å². The molecule has 4 heterocycles. The zero-order valence-electron chi connectivity index (χ0n) is 22.6. The predicted octanol–water partition coefficient (Wildman–Crippen LogP) is 0.792. The highest BCUT2D eigenvalue weighted by molar-refractivity contribution is 6.04. The standard InChI is InChI=1S/C25H28N10O6/c1-32-8-7-26-20(32)23(38)28-14-9-16(33(2)11-14)22(37)27-6-5-19(36)30-18-13-35(4)21(31-18)24(39)29-15-10-17(25(40)41)34(3)12-15/h7-13H,5-6H2,1-4H3,(H,27,37)(H,28,38)(H,29,39)(H,30,36)(H,40,41). The molecular weight excluding hydrogens is 536 g/mol. The predicted molar refractivity (Wildman–Crippen MR) is 146 cm³/mol. The number of aromatic carboxylic acids is 1. The molecule has 4 amide bonds. The zero-order chi connectivity index (χ0) is 29.8. The Kier molecular flexibility index (Phi) is 8.02. The number of carbonyl (C=O) groups excluding carboxylic acids is 4. The lowest BCUT2D eigenvalue weighted by molar-refractivity contribution is -0.116. The van der Waals surface area contributed by atoms with Gasteiger partial charge in [0.1, 0.15) is 11.4 Å². The summed E-state index contributed by atoms with van der Waals surface area (Å²) in [5.74, 6) is -2.70. The number of aromatic nitrogens is 6. The van der Waals surface area contributed by atoms with Crippen LogP contribution in [0.15, 0.2) is 43.1 Å². The van der Waals surface area contributed by atoms with E-state index in [1.807, 2.05) is 0 Å². The summed E-state index contributed by atoms with van der Waals surface area (Å²) in [5.41, 5.74) is 0.961. The first-order chi connectivity index (χ1) is 19.4. The Morgan fingerprint density at radius 1 is 0.756 bits per heavy atom. The van der Waals surface area contributed by atoms with Crippen molar-refractivity contribution in [2.24, 2.45) is 28.2 Å². The molecule has 4 aromatic rings. The molecule has 0 aliphatic rings. The molecule has 214 valence electrons. The number of hydrogen-bond acceptors (Lipinski definition) is 7. The number of anilines is 3. The molecule has 0 aliphatic heterocycles. The van der Waals surface area contributed by atoms with Gasteiger partial charge in [-0.05, 0) is 12.1 Å². The third kappa shape index (κ3) is 6.49. The second-order valence-corrected chi connectivity index (χ2v) is 9.14. The number of rotatable bonds is 10. The Morgan fingerprint density at radius 3 is 1.95 bits per heavy atom. The molecule has 0 saturated heterocycles. The van der Waals surface area contributed by atoms with Crippen LogP contribution in [-0.4, -0.2) is 69.5 Å². The molecule has 0 unspecified atom stereocenters. The van der Waals surface area contributed by atoms with Crippen LogP contribution in [0, 0.1) is 0 Å². The summed E-state index contributed by atoms with van der Waals surface area (Å²) in [6.45, 7) is 0.0188. The number of hydrogen-bond donors (Lipinski definition) is 5. The quantitative estimate of drug-likeness (QED) is 0.186. The SMILES string of the molecule is Cn1cc(NC(=O)c2nc(NC(=O)CCNC(=O)c3cc(NC(=O)c4nccn4C)cn3C)cn2C)cc1C(=O)O. The summed E-state index contributed by atoms with van der Waals surface area (Å²) < 4.78 is 5.88. The summed E-state index contributed by atoms with van der Waals surface area (Å²) in [5, 5.41) is 19.7. The second kappa shape index (κ2) is 11.6. The molecule has 5 N–H and O–H groups in total. The number of amides is 4. The molecular formula is C25H28N10O6. The molecule has 0 fully saturated rings. The van der Waals surface area contributed by atoms with Crippen LogP contribution in [0.3, 0.4) is 0 Å². The average Bonchev–Trinajstić information content (AvgIpc) is 3.66. The molecule has 0 bridgehead atoms. The number of aryl methyl sites for hydroxylation is 4. The van der Waals surface area contributed by atoms with Crippen molar-refractivity contribution in [1.82, 2.24) is 33.6 Å². The summed E-state index contributed by atoms with van der Waals surface area (Å²) >= 11 is 0. The highest BCUT2D eigenvalue weighted by Gasteiger charge is 2.19.